The number of aromatic nitrogens is 7. The lowest BCUT2D eigenvalue weighted by atomic mass is 10.1. The second kappa shape index (κ2) is 10.8. The van der Waals surface area contributed by atoms with Crippen molar-refractivity contribution in [1.82, 2.24) is 39.6 Å². The largest absolute Gasteiger partial charge is 0.473 e. The molecule has 1 saturated heterocycles. The van der Waals surface area contributed by atoms with Crippen molar-refractivity contribution >= 4 is 40.1 Å². The van der Waals surface area contributed by atoms with Crippen LogP contribution >= 0.6 is 0 Å². The number of nitrogens with one attached hydrogen (secondary N) is 3. The van der Waals surface area contributed by atoms with Gasteiger partial charge >= 0.3 is 0 Å². The Kier molecular flexibility index (Phi) is 6.93. The SMILES string of the molecule is Cc1cnc(Nc2cc(C)n(C)n2)nc1-c1c[nH]c2c(NC(=O)CN3CC[C@H](Oc4cc(N)ncn4)C3)cccc12. The molecule has 0 unspecified atom stereocenters. The van der Waals surface area contributed by atoms with Gasteiger partial charge in [0.15, 0.2) is 5.82 Å². The van der Waals surface area contributed by atoms with Crippen LogP contribution in [0.15, 0.2) is 49.1 Å². The predicted molar refractivity (Wildman–Crippen MR) is 156 cm³/mol. The Morgan fingerprint density at radius 3 is 2.90 bits per heavy atom. The van der Waals surface area contributed by atoms with E-state index in [9.17, 15) is 4.79 Å². The Hall–Kier alpha value is -5.04. The van der Waals surface area contributed by atoms with Gasteiger partial charge in [-0.05, 0) is 31.9 Å². The number of fused-ring (bicyclic) bond motifs is 1. The third kappa shape index (κ3) is 5.65. The van der Waals surface area contributed by atoms with E-state index in [0.717, 1.165) is 46.4 Å². The van der Waals surface area contributed by atoms with Crippen LogP contribution in [0.4, 0.5) is 23.3 Å². The molecule has 0 aliphatic carbocycles. The number of benzene rings is 1. The van der Waals surface area contributed by atoms with Gasteiger partial charge in [-0.15, -0.1) is 0 Å². The van der Waals surface area contributed by atoms with Crippen LogP contribution in [0.1, 0.15) is 17.7 Å². The van der Waals surface area contributed by atoms with Gasteiger partial charge in [0.05, 0.1) is 23.4 Å². The third-order valence-electron chi connectivity index (χ3n) is 7.12. The smallest absolute Gasteiger partial charge is 0.238 e. The van der Waals surface area contributed by atoms with Crippen LogP contribution in [0.3, 0.4) is 0 Å². The van der Waals surface area contributed by atoms with Crippen molar-refractivity contribution in [3.63, 3.8) is 0 Å². The maximum absolute atomic E-state index is 13.0. The first-order chi connectivity index (χ1) is 19.8. The number of likely N-dealkylation sites (tertiary alicyclic amines) is 1. The highest BCUT2D eigenvalue weighted by molar-refractivity contribution is 6.06. The summed E-state index contributed by atoms with van der Waals surface area (Å²) in [6.07, 6.45) is 5.80. The molecule has 41 heavy (non-hydrogen) atoms. The summed E-state index contributed by atoms with van der Waals surface area (Å²) in [5.41, 5.74) is 10.9. The Morgan fingerprint density at radius 2 is 2.10 bits per heavy atom. The first-order valence-corrected chi connectivity index (χ1v) is 13.3. The van der Waals surface area contributed by atoms with E-state index in [-0.39, 0.29) is 18.6 Å². The number of amides is 1. The second-order valence-electron chi connectivity index (χ2n) is 10.2. The normalized spacial score (nSPS) is 15.3. The average Bonchev–Trinajstić information content (AvgIpc) is 3.64. The summed E-state index contributed by atoms with van der Waals surface area (Å²) in [6, 6.07) is 9.36. The van der Waals surface area contributed by atoms with Gasteiger partial charge in [-0.3, -0.25) is 14.4 Å². The molecule has 1 atom stereocenters. The number of hydrogen-bond donors (Lipinski definition) is 4. The van der Waals surface area contributed by atoms with Crippen LogP contribution in [0.5, 0.6) is 5.88 Å². The monoisotopic (exact) mass is 553 g/mol. The maximum Gasteiger partial charge on any atom is 0.238 e. The summed E-state index contributed by atoms with van der Waals surface area (Å²) in [5.74, 6) is 1.84. The molecular weight excluding hydrogens is 522 g/mol. The number of ether oxygens (including phenoxy) is 1. The number of H-pyrrole nitrogens is 1. The fraction of sp³-hybridized carbons (Fsp3) is 0.286. The minimum atomic E-state index is -0.101. The number of nitrogens with zero attached hydrogens (tertiary/aromatic N) is 7. The van der Waals surface area contributed by atoms with Crippen molar-refractivity contribution in [2.45, 2.75) is 26.4 Å². The fourth-order valence-electron chi connectivity index (χ4n) is 4.98. The van der Waals surface area contributed by atoms with Gasteiger partial charge in [-0.1, -0.05) is 12.1 Å². The fourth-order valence-corrected chi connectivity index (χ4v) is 4.98. The molecule has 5 aromatic rings. The third-order valence-corrected chi connectivity index (χ3v) is 7.12. The molecule has 1 aromatic carbocycles. The number of hydrogen-bond acceptors (Lipinski definition) is 10. The van der Waals surface area contributed by atoms with Crippen molar-refractivity contribution in [3.05, 3.63) is 60.3 Å². The van der Waals surface area contributed by atoms with E-state index in [2.05, 4.69) is 40.6 Å². The summed E-state index contributed by atoms with van der Waals surface area (Å²) >= 11 is 0. The Labute approximate surface area is 236 Å². The lowest BCUT2D eigenvalue weighted by Crippen LogP contribution is -2.33. The summed E-state index contributed by atoms with van der Waals surface area (Å²) in [7, 11) is 1.89. The van der Waals surface area contributed by atoms with Gasteiger partial charge in [0.25, 0.3) is 0 Å². The van der Waals surface area contributed by atoms with Crippen LogP contribution in [0, 0.1) is 13.8 Å². The highest BCUT2D eigenvalue weighted by Crippen LogP contribution is 2.33. The topological polar surface area (TPSA) is 165 Å². The van der Waals surface area contributed by atoms with Crippen LogP contribution in [-0.4, -0.2) is 71.2 Å². The highest BCUT2D eigenvalue weighted by Gasteiger charge is 2.26. The first kappa shape index (κ1) is 26.2. The minimum absolute atomic E-state index is 0.0660. The molecular formula is C28H31N11O2. The zero-order valence-corrected chi connectivity index (χ0v) is 23.0. The van der Waals surface area contributed by atoms with E-state index in [1.807, 2.05) is 51.4 Å². The number of nitrogens with two attached hydrogens (primary N) is 1. The molecule has 0 radical (unpaired) electrons. The number of carbonyl (C=O) groups excluding carboxylic acids is 1. The molecule has 6 rings (SSSR count). The van der Waals surface area contributed by atoms with E-state index >= 15 is 0 Å². The molecule has 13 heteroatoms. The van der Waals surface area contributed by atoms with Crippen LogP contribution in [0.25, 0.3) is 22.2 Å². The molecule has 0 bridgehead atoms. The van der Waals surface area contributed by atoms with Crippen LogP contribution in [0.2, 0.25) is 0 Å². The van der Waals surface area contributed by atoms with E-state index in [1.54, 1.807) is 16.9 Å². The quantitative estimate of drug-likeness (QED) is 0.224. The Bertz CT molecular complexity index is 1710. The van der Waals surface area contributed by atoms with Gasteiger partial charge in [0.1, 0.15) is 18.2 Å². The molecule has 210 valence electrons. The molecule has 0 saturated carbocycles. The number of aromatic amines is 1. The van der Waals surface area contributed by atoms with Crippen molar-refractivity contribution in [2.24, 2.45) is 7.05 Å². The Morgan fingerprint density at radius 1 is 1.22 bits per heavy atom. The van der Waals surface area contributed by atoms with Crippen LogP contribution < -0.4 is 21.1 Å². The van der Waals surface area contributed by atoms with Gasteiger partial charge in [-0.25, -0.2) is 19.9 Å². The zero-order valence-electron chi connectivity index (χ0n) is 23.0. The summed E-state index contributed by atoms with van der Waals surface area (Å²) in [6.45, 7) is 5.58. The number of para-hydroxylation sites is 1. The average molecular weight is 554 g/mol. The van der Waals surface area contributed by atoms with Crippen molar-refractivity contribution in [2.75, 3.05) is 36.0 Å². The summed E-state index contributed by atoms with van der Waals surface area (Å²) in [4.78, 5) is 35.6. The van der Waals surface area contributed by atoms with E-state index in [4.69, 9.17) is 15.5 Å². The molecule has 1 aliphatic heterocycles. The van der Waals surface area contributed by atoms with Gasteiger partial charge < -0.3 is 26.1 Å². The lowest BCUT2D eigenvalue weighted by Gasteiger charge is -2.16. The zero-order chi connectivity index (χ0) is 28.5. The van der Waals surface area contributed by atoms with Crippen molar-refractivity contribution in [3.8, 4) is 17.1 Å². The van der Waals surface area contributed by atoms with Gasteiger partial charge in [0.2, 0.25) is 17.7 Å². The van der Waals surface area contributed by atoms with E-state index in [1.165, 1.54) is 6.33 Å². The minimum Gasteiger partial charge on any atom is -0.473 e. The number of nitrogen functional groups attached to an aromatic ring is 1. The number of carbonyl (C=O) groups is 1. The molecule has 0 spiro atoms. The molecule has 1 aliphatic rings. The van der Waals surface area contributed by atoms with Gasteiger partial charge in [-0.2, -0.15) is 5.10 Å². The van der Waals surface area contributed by atoms with Gasteiger partial charge in [0, 0.05) is 61.3 Å². The predicted octanol–water partition coefficient (Wildman–Crippen LogP) is 3.18. The number of anilines is 4. The second-order valence-corrected chi connectivity index (χ2v) is 10.2. The summed E-state index contributed by atoms with van der Waals surface area (Å²) < 4.78 is 7.71. The van der Waals surface area contributed by atoms with E-state index in [0.29, 0.717) is 35.7 Å². The van der Waals surface area contributed by atoms with Crippen molar-refractivity contribution in [1.29, 1.82) is 0 Å². The van der Waals surface area contributed by atoms with E-state index < -0.39 is 0 Å². The van der Waals surface area contributed by atoms with Crippen molar-refractivity contribution < 1.29 is 9.53 Å². The molecule has 5 N–H and O–H groups in total. The molecule has 1 amide bonds. The lowest BCUT2D eigenvalue weighted by molar-refractivity contribution is -0.117. The first-order valence-electron chi connectivity index (χ1n) is 13.3. The highest BCUT2D eigenvalue weighted by atomic mass is 16.5. The molecule has 1 fully saturated rings. The molecule has 4 aromatic heterocycles. The standard InChI is InChI=1S/C28H31N11O2/c1-16-11-31-28(35-23-9-17(2)38(3)37-23)36-26(16)20-12-30-27-19(20)5-4-6-21(27)34-24(40)14-39-8-7-18(13-39)41-25-10-22(29)32-15-33-25/h4-6,9-12,15,18,30H,7-8,13-14H2,1-3H3,(H,34,40)(H2,29,32,33)(H,31,35,36,37)/t18-/m0/s1. The molecule has 13 nitrogen and oxygen atoms in total. The number of aryl methyl sites for hydroxylation is 3. The molecule has 5 heterocycles. The maximum atomic E-state index is 13.0. The number of rotatable bonds is 8. The van der Waals surface area contributed by atoms with Crippen LogP contribution in [-0.2, 0) is 11.8 Å². The Balaban J connectivity index is 1.14. The summed E-state index contributed by atoms with van der Waals surface area (Å²) in [5, 5.41) is 11.6.